The largest absolute Gasteiger partial charge is 0.465 e. The molecule has 0 atom stereocenters. The first-order valence-corrected chi connectivity index (χ1v) is 7.40. The van der Waals surface area contributed by atoms with E-state index in [0.717, 1.165) is 5.69 Å². The summed E-state index contributed by atoms with van der Waals surface area (Å²) in [7, 11) is 1.33. The zero-order chi connectivity index (χ0) is 17.7. The predicted octanol–water partition coefficient (Wildman–Crippen LogP) is 2.54. The molecule has 0 aliphatic carbocycles. The van der Waals surface area contributed by atoms with Gasteiger partial charge in [-0.2, -0.15) is 0 Å². The zero-order valence-corrected chi connectivity index (χ0v) is 14.1. The highest BCUT2D eigenvalue weighted by atomic mass is 16.5. The number of carbonyl (C=O) groups is 2. The summed E-state index contributed by atoms with van der Waals surface area (Å²) in [6.07, 6.45) is 0. The van der Waals surface area contributed by atoms with E-state index in [0.29, 0.717) is 11.4 Å². The maximum Gasteiger partial charge on any atom is 0.337 e. The van der Waals surface area contributed by atoms with E-state index in [9.17, 15) is 9.59 Å². The number of methoxy groups -OCH3 is 1. The number of hydrogen-bond acceptors (Lipinski definition) is 6. The first kappa shape index (κ1) is 17.4. The van der Waals surface area contributed by atoms with Crippen LogP contribution in [0.3, 0.4) is 0 Å². The molecular formula is C17H20N4O3. The fraction of sp³-hybridized carbons (Fsp3) is 0.294. The lowest BCUT2D eigenvalue weighted by Gasteiger charge is -2.19. The Morgan fingerprint density at radius 1 is 1.00 bits per heavy atom. The smallest absolute Gasteiger partial charge is 0.337 e. The van der Waals surface area contributed by atoms with Gasteiger partial charge in [-0.15, -0.1) is 10.2 Å². The summed E-state index contributed by atoms with van der Waals surface area (Å²) in [5.74, 6) is -0.173. The van der Waals surface area contributed by atoms with Crippen LogP contribution in [0.25, 0.3) is 0 Å². The van der Waals surface area contributed by atoms with Crippen LogP contribution >= 0.6 is 0 Å². The molecule has 1 aromatic heterocycles. The Morgan fingerprint density at radius 3 is 2.17 bits per heavy atom. The molecule has 0 saturated heterocycles. The second-order valence-electron chi connectivity index (χ2n) is 6.20. The Kier molecular flexibility index (Phi) is 5.13. The van der Waals surface area contributed by atoms with Gasteiger partial charge in [0.05, 0.1) is 12.7 Å². The minimum Gasteiger partial charge on any atom is -0.465 e. The first-order valence-electron chi connectivity index (χ1n) is 7.40. The van der Waals surface area contributed by atoms with Gasteiger partial charge >= 0.3 is 5.97 Å². The average Bonchev–Trinajstić information content (AvgIpc) is 2.54. The molecule has 2 aromatic rings. The lowest BCUT2D eigenvalue weighted by Crippen LogP contribution is -2.41. The third kappa shape index (κ3) is 4.77. The first-order chi connectivity index (χ1) is 11.3. The van der Waals surface area contributed by atoms with Crippen LogP contribution in [0.1, 0.15) is 41.6 Å². The van der Waals surface area contributed by atoms with Crippen molar-refractivity contribution in [1.82, 2.24) is 15.5 Å². The van der Waals surface area contributed by atoms with E-state index in [-0.39, 0.29) is 17.1 Å². The molecule has 1 aromatic carbocycles. The minimum absolute atomic E-state index is 0.247. The predicted molar refractivity (Wildman–Crippen MR) is 90.3 cm³/mol. The van der Waals surface area contributed by atoms with Crippen molar-refractivity contribution in [2.75, 3.05) is 12.4 Å². The highest BCUT2D eigenvalue weighted by molar-refractivity contribution is 5.92. The molecule has 126 valence electrons. The van der Waals surface area contributed by atoms with Crippen LogP contribution in [0.2, 0.25) is 0 Å². The number of rotatable bonds is 4. The number of ether oxygens (including phenoxy) is 1. The number of hydrogen-bond donors (Lipinski definition) is 2. The highest BCUT2D eigenvalue weighted by Crippen LogP contribution is 2.15. The third-order valence-electron chi connectivity index (χ3n) is 2.96. The van der Waals surface area contributed by atoms with Crippen LogP contribution < -0.4 is 10.6 Å². The van der Waals surface area contributed by atoms with Gasteiger partial charge in [-0.1, -0.05) is 0 Å². The van der Waals surface area contributed by atoms with Gasteiger partial charge in [-0.3, -0.25) is 4.79 Å². The lowest BCUT2D eigenvalue weighted by molar-refractivity contribution is 0.0600. The standard InChI is InChI=1S/C17H20N4O3/c1-17(2,3)19-15(22)13-9-10-14(21-20-13)18-12-7-5-11(6-8-12)16(23)24-4/h5-10H,1-4H3,(H,18,21)(H,19,22). The van der Waals surface area contributed by atoms with E-state index in [1.807, 2.05) is 20.8 Å². The van der Waals surface area contributed by atoms with Crippen molar-refractivity contribution in [2.24, 2.45) is 0 Å². The molecule has 7 heteroatoms. The monoisotopic (exact) mass is 328 g/mol. The van der Waals surface area contributed by atoms with Crippen molar-refractivity contribution in [3.05, 3.63) is 47.7 Å². The van der Waals surface area contributed by atoms with Crippen molar-refractivity contribution in [3.63, 3.8) is 0 Å². The van der Waals surface area contributed by atoms with Crippen LogP contribution in [-0.4, -0.2) is 34.7 Å². The quantitative estimate of drug-likeness (QED) is 0.838. The van der Waals surface area contributed by atoms with Gasteiger partial charge in [0.2, 0.25) is 0 Å². The fourth-order valence-corrected chi connectivity index (χ4v) is 1.88. The Labute approximate surface area is 140 Å². The van der Waals surface area contributed by atoms with Crippen LogP contribution in [0, 0.1) is 0 Å². The second kappa shape index (κ2) is 7.08. The van der Waals surface area contributed by atoms with E-state index in [1.165, 1.54) is 7.11 Å². The van der Waals surface area contributed by atoms with Crippen LogP contribution in [0.5, 0.6) is 0 Å². The van der Waals surface area contributed by atoms with Crippen molar-refractivity contribution in [2.45, 2.75) is 26.3 Å². The maximum absolute atomic E-state index is 12.0. The summed E-state index contributed by atoms with van der Waals surface area (Å²) >= 11 is 0. The number of amides is 1. The molecule has 0 radical (unpaired) electrons. The molecule has 0 bridgehead atoms. The molecule has 0 unspecified atom stereocenters. The van der Waals surface area contributed by atoms with Crippen molar-refractivity contribution < 1.29 is 14.3 Å². The number of esters is 1. The molecular weight excluding hydrogens is 308 g/mol. The SMILES string of the molecule is COC(=O)c1ccc(Nc2ccc(C(=O)NC(C)(C)C)nn2)cc1. The van der Waals surface area contributed by atoms with Gasteiger partial charge in [-0.05, 0) is 57.2 Å². The number of anilines is 2. The van der Waals surface area contributed by atoms with Crippen LogP contribution in [0.15, 0.2) is 36.4 Å². The lowest BCUT2D eigenvalue weighted by atomic mass is 10.1. The molecule has 1 heterocycles. The van der Waals surface area contributed by atoms with Crippen LogP contribution in [0.4, 0.5) is 11.5 Å². The topological polar surface area (TPSA) is 93.2 Å². The maximum atomic E-state index is 12.0. The molecule has 2 rings (SSSR count). The summed E-state index contributed by atoms with van der Waals surface area (Å²) in [5, 5.41) is 13.8. The van der Waals surface area contributed by atoms with Gasteiger partial charge in [0.15, 0.2) is 11.5 Å². The molecule has 0 fully saturated rings. The Balaban J connectivity index is 2.04. The summed E-state index contributed by atoms with van der Waals surface area (Å²) in [6.45, 7) is 5.69. The molecule has 0 spiro atoms. The van der Waals surface area contributed by atoms with Gasteiger partial charge in [-0.25, -0.2) is 4.79 Å². The number of nitrogens with zero attached hydrogens (tertiary/aromatic N) is 2. The van der Waals surface area contributed by atoms with Gasteiger partial charge in [0.1, 0.15) is 0 Å². The average molecular weight is 328 g/mol. The number of carbonyl (C=O) groups excluding carboxylic acids is 2. The highest BCUT2D eigenvalue weighted by Gasteiger charge is 2.16. The molecule has 2 N–H and O–H groups in total. The number of benzene rings is 1. The zero-order valence-electron chi connectivity index (χ0n) is 14.1. The third-order valence-corrected chi connectivity index (χ3v) is 2.96. The summed E-state index contributed by atoms with van der Waals surface area (Å²) in [4.78, 5) is 23.4. The van der Waals surface area contributed by atoms with Crippen molar-refractivity contribution in [3.8, 4) is 0 Å². The Morgan fingerprint density at radius 2 is 1.67 bits per heavy atom. The summed E-state index contributed by atoms with van der Waals surface area (Å²) in [5.41, 5.74) is 1.11. The molecule has 0 aliphatic rings. The summed E-state index contributed by atoms with van der Waals surface area (Å²) < 4.78 is 4.64. The number of aromatic nitrogens is 2. The minimum atomic E-state index is -0.393. The second-order valence-corrected chi connectivity index (χ2v) is 6.20. The fourth-order valence-electron chi connectivity index (χ4n) is 1.88. The Hall–Kier alpha value is -2.96. The Bertz CT molecular complexity index is 719. The molecule has 24 heavy (non-hydrogen) atoms. The van der Waals surface area contributed by atoms with Gasteiger partial charge in [0.25, 0.3) is 5.91 Å². The van der Waals surface area contributed by atoms with Crippen molar-refractivity contribution >= 4 is 23.4 Å². The summed E-state index contributed by atoms with van der Waals surface area (Å²) in [6, 6.07) is 10.0. The normalized spacial score (nSPS) is 10.8. The van der Waals surface area contributed by atoms with Gasteiger partial charge in [0, 0.05) is 11.2 Å². The van der Waals surface area contributed by atoms with E-state index >= 15 is 0 Å². The van der Waals surface area contributed by atoms with Gasteiger partial charge < -0.3 is 15.4 Å². The number of nitrogens with one attached hydrogen (secondary N) is 2. The molecule has 1 amide bonds. The molecule has 7 nitrogen and oxygen atoms in total. The molecule has 0 saturated carbocycles. The van der Waals surface area contributed by atoms with E-state index < -0.39 is 5.97 Å². The molecule has 0 aliphatic heterocycles. The van der Waals surface area contributed by atoms with Crippen LogP contribution in [-0.2, 0) is 4.74 Å². The van der Waals surface area contributed by atoms with Crippen molar-refractivity contribution in [1.29, 1.82) is 0 Å². The van der Waals surface area contributed by atoms with E-state index in [1.54, 1.807) is 36.4 Å². The van der Waals surface area contributed by atoms with E-state index in [4.69, 9.17) is 0 Å². The van der Waals surface area contributed by atoms with E-state index in [2.05, 4.69) is 25.6 Å².